The predicted octanol–water partition coefficient (Wildman–Crippen LogP) is 6.16. The van der Waals surface area contributed by atoms with Gasteiger partial charge in [0.2, 0.25) is 11.8 Å². The predicted molar refractivity (Wildman–Crippen MR) is 175 cm³/mol. The summed E-state index contributed by atoms with van der Waals surface area (Å²) in [6.07, 6.45) is 2.30. The molecule has 4 rings (SSSR count). The summed E-state index contributed by atoms with van der Waals surface area (Å²) in [5.74, 6) is 5.36. The molecule has 0 aromatic carbocycles. The SMILES string of the molecule is CC(C)(C)c1cc(NC(=O)C(C)(C)N2CCSCC2)no1.CC1CCN(C(C)(C)C(=O)Nc2cc(C(C)(C)C)on2)CC1. The molecule has 2 fully saturated rings. The molecule has 242 valence electrons. The van der Waals surface area contributed by atoms with Gasteiger partial charge < -0.3 is 19.7 Å². The zero-order valence-electron chi connectivity index (χ0n) is 28.2. The van der Waals surface area contributed by atoms with Gasteiger partial charge in [0.1, 0.15) is 11.5 Å². The zero-order chi connectivity index (χ0) is 32.2. The van der Waals surface area contributed by atoms with E-state index >= 15 is 0 Å². The van der Waals surface area contributed by atoms with Crippen molar-refractivity contribution < 1.29 is 18.6 Å². The second kappa shape index (κ2) is 13.7. The molecule has 2 aromatic heterocycles. The van der Waals surface area contributed by atoms with Gasteiger partial charge in [-0.05, 0) is 59.5 Å². The van der Waals surface area contributed by atoms with E-state index < -0.39 is 11.1 Å². The summed E-state index contributed by atoms with van der Waals surface area (Å²) < 4.78 is 10.6. The molecule has 2 aliphatic rings. The van der Waals surface area contributed by atoms with Crippen LogP contribution in [-0.2, 0) is 20.4 Å². The Morgan fingerprint density at radius 3 is 1.44 bits per heavy atom. The van der Waals surface area contributed by atoms with Crippen LogP contribution >= 0.6 is 11.8 Å². The third-order valence-electron chi connectivity index (χ3n) is 8.47. The smallest absolute Gasteiger partial charge is 0.245 e. The van der Waals surface area contributed by atoms with Gasteiger partial charge in [-0.15, -0.1) is 0 Å². The molecular formula is C32H54N6O4S. The van der Waals surface area contributed by atoms with E-state index in [1.165, 1.54) is 0 Å². The fourth-order valence-corrected chi connectivity index (χ4v) is 5.79. The Hall–Kier alpha value is -2.37. The molecule has 43 heavy (non-hydrogen) atoms. The first-order valence-corrected chi connectivity index (χ1v) is 16.6. The van der Waals surface area contributed by atoms with Crippen molar-refractivity contribution in [3.63, 3.8) is 0 Å². The monoisotopic (exact) mass is 618 g/mol. The number of rotatable bonds is 6. The van der Waals surface area contributed by atoms with Crippen LogP contribution in [-0.4, -0.2) is 80.7 Å². The lowest BCUT2D eigenvalue weighted by Gasteiger charge is -2.41. The van der Waals surface area contributed by atoms with Crippen molar-refractivity contribution in [2.75, 3.05) is 48.3 Å². The van der Waals surface area contributed by atoms with E-state index in [0.717, 1.165) is 68.0 Å². The van der Waals surface area contributed by atoms with E-state index in [1.807, 2.05) is 45.5 Å². The van der Waals surface area contributed by atoms with Gasteiger partial charge in [-0.25, -0.2) is 0 Å². The fourth-order valence-electron chi connectivity index (χ4n) is 4.89. The molecule has 0 radical (unpaired) electrons. The van der Waals surface area contributed by atoms with Crippen LogP contribution in [0.4, 0.5) is 11.6 Å². The van der Waals surface area contributed by atoms with Gasteiger partial charge in [0.05, 0.1) is 11.1 Å². The van der Waals surface area contributed by atoms with E-state index in [9.17, 15) is 9.59 Å². The lowest BCUT2D eigenvalue weighted by atomic mass is 9.92. The third kappa shape index (κ3) is 9.31. The van der Waals surface area contributed by atoms with Crippen LogP contribution in [0.25, 0.3) is 0 Å². The highest BCUT2D eigenvalue weighted by molar-refractivity contribution is 7.99. The van der Waals surface area contributed by atoms with E-state index in [0.29, 0.717) is 11.6 Å². The third-order valence-corrected chi connectivity index (χ3v) is 9.41. The van der Waals surface area contributed by atoms with Crippen LogP contribution in [0.5, 0.6) is 0 Å². The van der Waals surface area contributed by atoms with Crippen molar-refractivity contribution in [2.45, 2.75) is 111 Å². The summed E-state index contributed by atoms with van der Waals surface area (Å²) in [5.41, 5.74) is -1.31. The van der Waals surface area contributed by atoms with Gasteiger partial charge >= 0.3 is 0 Å². The number of nitrogens with zero attached hydrogens (tertiary/aromatic N) is 4. The first kappa shape index (κ1) is 35.1. The summed E-state index contributed by atoms with van der Waals surface area (Å²) in [6.45, 7) is 26.3. The van der Waals surface area contributed by atoms with E-state index in [-0.39, 0.29) is 22.6 Å². The number of amides is 2. The molecule has 0 bridgehead atoms. The standard InChI is InChI=1S/C17H29N3O2.C15H25N3O2S/c1-12-7-9-20(10-8-12)17(5,6)15(21)18-14-11-13(22-19-14)16(2,3)4;1-14(2,3)11-10-12(17-20-11)16-13(19)15(4,5)18-6-8-21-9-7-18/h11-12H,7-10H2,1-6H3,(H,18,19,21);10H,6-9H2,1-5H3,(H,16,17,19). The highest BCUT2D eigenvalue weighted by Crippen LogP contribution is 2.28. The van der Waals surface area contributed by atoms with Crippen LogP contribution in [0.2, 0.25) is 0 Å². The molecule has 4 heterocycles. The van der Waals surface area contributed by atoms with Crippen molar-refractivity contribution in [1.82, 2.24) is 20.1 Å². The van der Waals surface area contributed by atoms with E-state index in [2.05, 4.69) is 79.2 Å². The average Bonchev–Trinajstić information content (AvgIpc) is 3.60. The topological polar surface area (TPSA) is 117 Å². The molecule has 10 nitrogen and oxygen atoms in total. The Balaban J connectivity index is 0.000000236. The minimum atomic E-state index is -0.541. The molecule has 0 unspecified atom stereocenters. The van der Waals surface area contributed by atoms with Gasteiger partial charge in [-0.3, -0.25) is 19.4 Å². The molecular weight excluding hydrogens is 564 g/mol. The summed E-state index contributed by atoms with van der Waals surface area (Å²) in [5, 5.41) is 13.7. The first-order valence-electron chi connectivity index (χ1n) is 15.5. The number of piperidine rings is 1. The van der Waals surface area contributed by atoms with Crippen LogP contribution in [0.15, 0.2) is 21.2 Å². The van der Waals surface area contributed by atoms with Gasteiger partial charge in [-0.2, -0.15) is 11.8 Å². The van der Waals surface area contributed by atoms with Crippen molar-refractivity contribution >= 4 is 35.2 Å². The second-order valence-corrected chi connectivity index (χ2v) is 16.2. The Labute approximate surface area is 262 Å². The number of carbonyl (C=O) groups is 2. The van der Waals surface area contributed by atoms with E-state index in [1.54, 1.807) is 6.07 Å². The molecule has 0 atom stereocenters. The van der Waals surface area contributed by atoms with Gasteiger partial charge in [0.15, 0.2) is 11.6 Å². The molecule has 2 saturated heterocycles. The van der Waals surface area contributed by atoms with Crippen LogP contribution in [0, 0.1) is 5.92 Å². The van der Waals surface area contributed by atoms with Crippen LogP contribution < -0.4 is 10.6 Å². The minimum absolute atomic E-state index is 0.0317. The summed E-state index contributed by atoms with van der Waals surface area (Å²) in [7, 11) is 0. The molecule has 2 aromatic rings. The number of hydrogen-bond donors (Lipinski definition) is 2. The van der Waals surface area contributed by atoms with Gasteiger partial charge in [0.25, 0.3) is 0 Å². The van der Waals surface area contributed by atoms with Crippen molar-refractivity contribution in [3.8, 4) is 0 Å². The molecule has 2 aliphatic heterocycles. The van der Waals surface area contributed by atoms with Gasteiger partial charge in [-0.1, -0.05) is 58.8 Å². The number of anilines is 2. The summed E-state index contributed by atoms with van der Waals surface area (Å²) in [6, 6.07) is 3.62. The molecule has 0 spiro atoms. The molecule has 2 amide bonds. The first-order chi connectivity index (χ1) is 19.8. The zero-order valence-corrected chi connectivity index (χ0v) is 29.0. The summed E-state index contributed by atoms with van der Waals surface area (Å²) in [4.78, 5) is 29.7. The second-order valence-electron chi connectivity index (χ2n) is 14.9. The normalized spacial score (nSPS) is 18.1. The lowest BCUT2D eigenvalue weighted by molar-refractivity contribution is -0.127. The Bertz CT molecular complexity index is 1210. The maximum Gasteiger partial charge on any atom is 0.245 e. The molecule has 11 heteroatoms. The Morgan fingerprint density at radius 1 is 0.721 bits per heavy atom. The molecule has 0 aliphatic carbocycles. The van der Waals surface area contributed by atoms with Crippen molar-refractivity contribution in [3.05, 3.63) is 23.7 Å². The Morgan fingerprint density at radius 2 is 1.09 bits per heavy atom. The highest BCUT2D eigenvalue weighted by Gasteiger charge is 2.37. The van der Waals surface area contributed by atoms with Crippen LogP contribution in [0.3, 0.4) is 0 Å². The maximum atomic E-state index is 12.6. The molecule has 2 N–H and O–H groups in total. The minimum Gasteiger partial charge on any atom is -0.359 e. The lowest BCUT2D eigenvalue weighted by Crippen LogP contribution is -2.55. The summed E-state index contributed by atoms with van der Waals surface area (Å²) >= 11 is 1.94. The number of aromatic nitrogens is 2. The maximum absolute atomic E-state index is 12.6. The van der Waals surface area contributed by atoms with E-state index in [4.69, 9.17) is 9.05 Å². The number of thioether (sulfide) groups is 1. The van der Waals surface area contributed by atoms with Crippen molar-refractivity contribution in [1.29, 1.82) is 0 Å². The fraction of sp³-hybridized carbons (Fsp3) is 0.750. The quantitative estimate of drug-likeness (QED) is 0.393. The van der Waals surface area contributed by atoms with Crippen LogP contribution in [0.1, 0.15) is 101 Å². The van der Waals surface area contributed by atoms with Crippen molar-refractivity contribution in [2.24, 2.45) is 5.92 Å². The number of nitrogens with one attached hydrogen (secondary N) is 2. The molecule has 0 saturated carbocycles. The van der Waals surface area contributed by atoms with Gasteiger partial charge in [0, 0.05) is 47.6 Å². The largest absolute Gasteiger partial charge is 0.359 e. The highest BCUT2D eigenvalue weighted by atomic mass is 32.2. The average molecular weight is 619 g/mol. The number of carbonyl (C=O) groups excluding carboxylic acids is 2. The Kier molecular flexibility index (Phi) is 11.2. The number of likely N-dealkylation sites (tertiary alicyclic amines) is 1. The number of hydrogen-bond acceptors (Lipinski definition) is 9.